The van der Waals surface area contributed by atoms with Gasteiger partial charge in [-0.15, -0.1) is 0 Å². The van der Waals surface area contributed by atoms with Gasteiger partial charge in [-0.1, -0.05) is 6.07 Å². The van der Waals surface area contributed by atoms with E-state index in [1.807, 2.05) is 5.32 Å². The van der Waals surface area contributed by atoms with Gasteiger partial charge in [0.2, 0.25) is 0 Å². The van der Waals surface area contributed by atoms with Crippen molar-refractivity contribution in [3.05, 3.63) is 75.9 Å². The van der Waals surface area contributed by atoms with Crippen molar-refractivity contribution < 1.29 is 33.4 Å². The summed E-state index contributed by atoms with van der Waals surface area (Å²) in [6.07, 6.45) is 1.57. The number of methoxy groups -OCH3 is 1. The molecular formula is C25H21FN4O6. The highest BCUT2D eigenvalue weighted by molar-refractivity contribution is 6.35. The van der Waals surface area contributed by atoms with E-state index in [2.05, 4.69) is 15.6 Å². The maximum Gasteiger partial charge on any atom is 0.337 e. The van der Waals surface area contributed by atoms with Crippen molar-refractivity contribution in [2.45, 2.75) is 13.8 Å². The Morgan fingerprint density at radius 1 is 1.11 bits per heavy atom. The Balaban J connectivity index is 1.51. The minimum absolute atomic E-state index is 0.148. The number of urea groups is 1. The number of imide groups is 1. The lowest BCUT2D eigenvalue weighted by molar-refractivity contribution is -0.110. The monoisotopic (exact) mass is 492 g/mol. The fourth-order valence-corrected chi connectivity index (χ4v) is 3.94. The number of hydrogen-bond donors (Lipinski definition) is 5. The van der Waals surface area contributed by atoms with E-state index in [4.69, 9.17) is 4.74 Å². The molecule has 0 fully saturated rings. The van der Waals surface area contributed by atoms with Crippen LogP contribution in [0.15, 0.2) is 36.4 Å². The number of rotatable bonds is 5. The van der Waals surface area contributed by atoms with Crippen LogP contribution in [0, 0.1) is 19.7 Å². The van der Waals surface area contributed by atoms with Gasteiger partial charge < -0.3 is 25.5 Å². The van der Waals surface area contributed by atoms with Gasteiger partial charge in [0, 0.05) is 28.7 Å². The zero-order valence-corrected chi connectivity index (χ0v) is 19.4. The molecule has 10 nitrogen and oxygen atoms in total. The highest BCUT2D eigenvalue weighted by Gasteiger charge is 2.26. The number of aromatic nitrogens is 1. The number of carbonyl (C=O) groups is 4. The number of carboxylic acids is 1. The van der Waals surface area contributed by atoms with Gasteiger partial charge in [0.1, 0.15) is 11.6 Å². The Morgan fingerprint density at radius 2 is 1.86 bits per heavy atom. The van der Waals surface area contributed by atoms with Crippen molar-refractivity contribution in [1.29, 1.82) is 0 Å². The number of ether oxygens (including phenoxy) is 1. The summed E-state index contributed by atoms with van der Waals surface area (Å²) in [5.41, 5.74) is 2.83. The lowest BCUT2D eigenvalue weighted by Crippen LogP contribution is -2.34. The Morgan fingerprint density at radius 3 is 2.50 bits per heavy atom. The summed E-state index contributed by atoms with van der Waals surface area (Å²) in [6, 6.07) is 7.35. The van der Waals surface area contributed by atoms with Gasteiger partial charge in [-0.25, -0.2) is 14.0 Å². The second-order valence-electron chi connectivity index (χ2n) is 8.00. The molecule has 184 valence electrons. The third-order valence-electron chi connectivity index (χ3n) is 5.69. The van der Waals surface area contributed by atoms with Crippen LogP contribution in [-0.4, -0.2) is 41.0 Å². The van der Waals surface area contributed by atoms with E-state index in [-0.39, 0.29) is 22.6 Å². The number of aromatic amines is 1. The molecule has 0 spiro atoms. The van der Waals surface area contributed by atoms with Crippen molar-refractivity contribution in [3.8, 4) is 5.75 Å². The molecule has 36 heavy (non-hydrogen) atoms. The van der Waals surface area contributed by atoms with Crippen LogP contribution in [0.4, 0.5) is 20.6 Å². The van der Waals surface area contributed by atoms with Crippen molar-refractivity contribution in [3.63, 3.8) is 0 Å². The average Bonchev–Trinajstić information content (AvgIpc) is 3.27. The molecule has 1 aliphatic heterocycles. The highest BCUT2D eigenvalue weighted by atomic mass is 19.1. The van der Waals surface area contributed by atoms with E-state index in [1.54, 1.807) is 26.0 Å². The molecule has 2 aromatic carbocycles. The molecular weight excluding hydrogens is 471 g/mol. The molecule has 5 N–H and O–H groups in total. The molecule has 0 radical (unpaired) electrons. The molecule has 0 saturated carbocycles. The summed E-state index contributed by atoms with van der Waals surface area (Å²) in [5.74, 6) is -3.03. The molecule has 3 aromatic rings. The first-order chi connectivity index (χ1) is 17.1. The van der Waals surface area contributed by atoms with Gasteiger partial charge in [-0.05, 0) is 49.8 Å². The predicted molar refractivity (Wildman–Crippen MR) is 130 cm³/mol. The third-order valence-corrected chi connectivity index (χ3v) is 5.69. The smallest absolute Gasteiger partial charge is 0.337 e. The minimum atomic E-state index is -1.07. The molecule has 4 amide bonds. The number of fused-ring (bicyclic) bond motifs is 1. The molecule has 0 saturated heterocycles. The Hall–Kier alpha value is -4.93. The van der Waals surface area contributed by atoms with Crippen molar-refractivity contribution in [2.75, 3.05) is 17.7 Å². The summed E-state index contributed by atoms with van der Waals surface area (Å²) in [4.78, 5) is 51.6. The second-order valence-corrected chi connectivity index (χ2v) is 8.00. The van der Waals surface area contributed by atoms with Crippen LogP contribution in [0.2, 0.25) is 0 Å². The minimum Gasteiger partial charge on any atom is -0.497 e. The second kappa shape index (κ2) is 9.37. The summed E-state index contributed by atoms with van der Waals surface area (Å²) < 4.78 is 19.0. The van der Waals surface area contributed by atoms with Crippen molar-refractivity contribution >= 4 is 46.8 Å². The normalized spacial score (nSPS) is 13.2. The molecule has 0 bridgehead atoms. The Labute approximate surface area is 204 Å². The number of halogens is 1. The molecule has 2 heterocycles. The number of aromatic carboxylic acids is 1. The number of anilines is 2. The quantitative estimate of drug-likeness (QED) is 0.341. The van der Waals surface area contributed by atoms with E-state index in [1.165, 1.54) is 31.4 Å². The summed E-state index contributed by atoms with van der Waals surface area (Å²) >= 11 is 0. The summed E-state index contributed by atoms with van der Waals surface area (Å²) in [5, 5.41) is 16.6. The first-order valence-corrected chi connectivity index (χ1v) is 10.6. The largest absolute Gasteiger partial charge is 0.497 e. The van der Waals surface area contributed by atoms with E-state index < -0.39 is 29.6 Å². The lowest BCUT2D eigenvalue weighted by atomic mass is 10.0. The van der Waals surface area contributed by atoms with E-state index in [0.717, 1.165) is 6.07 Å². The maximum absolute atomic E-state index is 14.1. The molecule has 1 aromatic heterocycles. The maximum atomic E-state index is 14.1. The van der Waals surface area contributed by atoms with Gasteiger partial charge in [0.05, 0.1) is 29.5 Å². The molecule has 4 rings (SSSR count). The van der Waals surface area contributed by atoms with Crippen LogP contribution in [0.5, 0.6) is 5.75 Å². The zero-order valence-electron chi connectivity index (χ0n) is 19.4. The number of amides is 4. The number of carboxylic acid groups (broad SMARTS) is 1. The highest BCUT2D eigenvalue weighted by Crippen LogP contribution is 2.35. The zero-order chi connectivity index (χ0) is 26.1. The van der Waals surface area contributed by atoms with Gasteiger partial charge in [-0.3, -0.25) is 14.9 Å². The van der Waals surface area contributed by atoms with E-state index in [0.29, 0.717) is 33.8 Å². The Bertz CT molecular complexity index is 1470. The van der Waals surface area contributed by atoms with Crippen LogP contribution < -0.4 is 20.7 Å². The van der Waals surface area contributed by atoms with Crippen LogP contribution >= 0.6 is 0 Å². The number of nitrogens with one attached hydrogen (secondary N) is 4. The fourth-order valence-electron chi connectivity index (χ4n) is 3.94. The third kappa shape index (κ3) is 4.53. The molecule has 0 unspecified atom stereocenters. The summed E-state index contributed by atoms with van der Waals surface area (Å²) in [7, 11) is 1.36. The van der Waals surface area contributed by atoms with Gasteiger partial charge >= 0.3 is 12.0 Å². The topological polar surface area (TPSA) is 150 Å². The average molecular weight is 492 g/mol. The number of benzene rings is 2. The van der Waals surface area contributed by atoms with Crippen LogP contribution in [0.3, 0.4) is 0 Å². The lowest BCUT2D eigenvalue weighted by Gasteiger charge is -2.09. The van der Waals surface area contributed by atoms with Crippen LogP contribution in [-0.2, 0) is 4.79 Å². The van der Waals surface area contributed by atoms with Crippen molar-refractivity contribution in [1.82, 2.24) is 10.3 Å². The van der Waals surface area contributed by atoms with Crippen LogP contribution in [0.1, 0.15) is 43.2 Å². The molecule has 1 aliphatic rings. The number of H-pyrrole nitrogens is 1. The molecule has 0 atom stereocenters. The van der Waals surface area contributed by atoms with Crippen molar-refractivity contribution in [2.24, 2.45) is 0 Å². The SMILES string of the molecule is COc1ccc(C(=O)NC(=O)Nc2ccc3c(c2)NC(=O)/C3=C\c2[nH]c(C)c(C(=O)O)c2C)c(F)c1. The molecule has 0 aliphatic carbocycles. The first kappa shape index (κ1) is 24.2. The number of carbonyl (C=O) groups excluding carboxylic acids is 3. The standard InChI is InChI=1S/C25H21FN4O6/c1-11-19(27-12(2)21(11)24(33)34)10-17-15-6-4-13(8-20(15)29-23(17)32)28-25(35)30-22(31)16-7-5-14(36-3)9-18(16)26/h4-10,27H,1-3H3,(H,29,32)(H,33,34)(H2,28,30,31,35)/b17-10-. The Kier molecular flexibility index (Phi) is 6.30. The predicted octanol–water partition coefficient (Wildman–Crippen LogP) is 3.93. The van der Waals surface area contributed by atoms with Gasteiger partial charge in [0.25, 0.3) is 11.8 Å². The van der Waals surface area contributed by atoms with E-state index in [9.17, 15) is 28.7 Å². The molecule has 11 heteroatoms. The first-order valence-electron chi connectivity index (χ1n) is 10.6. The van der Waals surface area contributed by atoms with Crippen LogP contribution in [0.25, 0.3) is 11.6 Å². The fraction of sp³-hybridized carbons (Fsp3) is 0.120. The van der Waals surface area contributed by atoms with Gasteiger partial charge in [0.15, 0.2) is 0 Å². The number of hydrogen-bond acceptors (Lipinski definition) is 5. The summed E-state index contributed by atoms with van der Waals surface area (Å²) in [6.45, 7) is 3.29. The number of aryl methyl sites for hydroxylation is 1. The van der Waals surface area contributed by atoms with E-state index >= 15 is 0 Å². The van der Waals surface area contributed by atoms with Gasteiger partial charge in [-0.2, -0.15) is 0 Å².